The molecule has 1 aromatic rings. The van der Waals surface area contributed by atoms with E-state index in [0.29, 0.717) is 19.6 Å². The number of ether oxygens (including phenoxy) is 1. The van der Waals surface area contributed by atoms with Crippen molar-refractivity contribution in [2.24, 2.45) is 0 Å². The molecule has 0 spiro atoms. The Bertz CT molecular complexity index is 376. The smallest absolute Gasteiger partial charge is 0.221 e. The summed E-state index contributed by atoms with van der Waals surface area (Å²) in [5.41, 5.74) is 1.21. The van der Waals surface area contributed by atoms with Crippen LogP contribution in [0.4, 0.5) is 0 Å². The highest BCUT2D eigenvalue weighted by Gasteiger charge is 2.07. The first-order valence-electron chi connectivity index (χ1n) is 6.81. The number of hydrogen-bond acceptors (Lipinski definition) is 3. The van der Waals surface area contributed by atoms with Gasteiger partial charge in [-0.3, -0.25) is 4.79 Å². The summed E-state index contributed by atoms with van der Waals surface area (Å²) in [7, 11) is 0. The summed E-state index contributed by atoms with van der Waals surface area (Å²) in [5.74, 6) is 0.889. The summed E-state index contributed by atoms with van der Waals surface area (Å²) in [5, 5.41) is 6.04. The van der Waals surface area contributed by atoms with Crippen LogP contribution >= 0.6 is 0 Å². The van der Waals surface area contributed by atoms with Crippen LogP contribution in [0.15, 0.2) is 24.3 Å². The van der Waals surface area contributed by atoms with Crippen molar-refractivity contribution in [3.05, 3.63) is 29.8 Å². The van der Waals surface area contributed by atoms with Gasteiger partial charge in [0.1, 0.15) is 12.4 Å². The van der Waals surface area contributed by atoms with Gasteiger partial charge in [-0.2, -0.15) is 0 Å². The van der Waals surface area contributed by atoms with E-state index >= 15 is 0 Å². The zero-order valence-corrected chi connectivity index (χ0v) is 12.0. The number of aryl methyl sites for hydroxylation is 1. The van der Waals surface area contributed by atoms with Crippen LogP contribution in [-0.4, -0.2) is 31.6 Å². The molecule has 4 heteroatoms. The highest BCUT2D eigenvalue weighted by molar-refractivity contribution is 5.76. The maximum Gasteiger partial charge on any atom is 0.221 e. The Morgan fingerprint density at radius 2 is 2.00 bits per heavy atom. The molecule has 1 amide bonds. The van der Waals surface area contributed by atoms with Crippen molar-refractivity contribution in [2.75, 3.05) is 19.7 Å². The third kappa shape index (κ3) is 6.82. The first-order valence-corrected chi connectivity index (χ1v) is 6.81. The second-order valence-corrected chi connectivity index (χ2v) is 4.70. The molecule has 1 aromatic carbocycles. The van der Waals surface area contributed by atoms with Crippen LogP contribution < -0.4 is 15.4 Å². The van der Waals surface area contributed by atoms with E-state index in [-0.39, 0.29) is 11.9 Å². The van der Waals surface area contributed by atoms with Crippen molar-refractivity contribution >= 4 is 5.91 Å². The molecule has 106 valence electrons. The Kier molecular flexibility index (Phi) is 6.97. The normalized spacial score (nSPS) is 11.9. The molecular formula is C15H24N2O2. The summed E-state index contributed by atoms with van der Waals surface area (Å²) in [6.45, 7) is 8.09. The molecule has 19 heavy (non-hydrogen) atoms. The second-order valence-electron chi connectivity index (χ2n) is 4.70. The van der Waals surface area contributed by atoms with Gasteiger partial charge in [-0.25, -0.2) is 0 Å². The first-order chi connectivity index (χ1) is 9.11. The molecule has 0 heterocycles. The van der Waals surface area contributed by atoms with Gasteiger partial charge in [0.25, 0.3) is 0 Å². The van der Waals surface area contributed by atoms with Crippen LogP contribution in [0.25, 0.3) is 0 Å². The quantitative estimate of drug-likeness (QED) is 0.705. The standard InChI is InChI=1S/C15H24N2O2/c1-4-16-10-9-15(18)17-13(3)11-19-14-7-5-12(2)6-8-14/h5-8,13,16H,4,9-11H2,1-3H3,(H,17,18). The van der Waals surface area contributed by atoms with Crippen molar-refractivity contribution < 1.29 is 9.53 Å². The Morgan fingerprint density at radius 3 is 2.63 bits per heavy atom. The summed E-state index contributed by atoms with van der Waals surface area (Å²) in [6, 6.07) is 7.91. The lowest BCUT2D eigenvalue weighted by Crippen LogP contribution is -2.38. The van der Waals surface area contributed by atoms with E-state index in [2.05, 4.69) is 10.6 Å². The van der Waals surface area contributed by atoms with Crippen molar-refractivity contribution in [1.82, 2.24) is 10.6 Å². The van der Waals surface area contributed by atoms with Gasteiger partial charge in [0.15, 0.2) is 0 Å². The van der Waals surface area contributed by atoms with Gasteiger partial charge in [0.05, 0.1) is 6.04 Å². The molecule has 1 atom stereocenters. The molecule has 1 rings (SSSR count). The van der Waals surface area contributed by atoms with Gasteiger partial charge in [0.2, 0.25) is 5.91 Å². The van der Waals surface area contributed by atoms with Gasteiger partial charge < -0.3 is 15.4 Å². The molecule has 0 aromatic heterocycles. The molecule has 0 saturated carbocycles. The van der Waals surface area contributed by atoms with Crippen LogP contribution in [0.3, 0.4) is 0 Å². The lowest BCUT2D eigenvalue weighted by Gasteiger charge is -2.15. The highest BCUT2D eigenvalue weighted by atomic mass is 16.5. The molecular weight excluding hydrogens is 240 g/mol. The molecule has 0 radical (unpaired) electrons. The van der Waals surface area contributed by atoms with Gasteiger partial charge >= 0.3 is 0 Å². The molecule has 0 aliphatic heterocycles. The lowest BCUT2D eigenvalue weighted by molar-refractivity contribution is -0.121. The Morgan fingerprint density at radius 1 is 1.32 bits per heavy atom. The Hall–Kier alpha value is -1.55. The summed E-state index contributed by atoms with van der Waals surface area (Å²) < 4.78 is 5.62. The number of rotatable bonds is 8. The minimum absolute atomic E-state index is 0.00966. The van der Waals surface area contributed by atoms with E-state index < -0.39 is 0 Å². The fourth-order valence-corrected chi connectivity index (χ4v) is 1.62. The second kappa shape index (κ2) is 8.53. The molecule has 0 fully saturated rings. The average molecular weight is 264 g/mol. The van der Waals surface area contributed by atoms with Crippen molar-refractivity contribution in [1.29, 1.82) is 0 Å². The predicted octanol–water partition coefficient (Wildman–Crippen LogP) is 1.88. The third-order valence-electron chi connectivity index (χ3n) is 2.71. The molecule has 0 saturated heterocycles. The third-order valence-corrected chi connectivity index (χ3v) is 2.71. The largest absolute Gasteiger partial charge is 0.491 e. The van der Waals surface area contributed by atoms with Crippen LogP contribution in [0.5, 0.6) is 5.75 Å². The monoisotopic (exact) mass is 264 g/mol. The Balaban J connectivity index is 2.21. The van der Waals surface area contributed by atoms with Crippen LogP contribution in [0.2, 0.25) is 0 Å². The number of hydrogen-bond donors (Lipinski definition) is 2. The van der Waals surface area contributed by atoms with E-state index in [1.807, 2.05) is 45.0 Å². The topological polar surface area (TPSA) is 50.4 Å². The van der Waals surface area contributed by atoms with E-state index in [9.17, 15) is 4.79 Å². The fourth-order valence-electron chi connectivity index (χ4n) is 1.62. The minimum atomic E-state index is 0.00966. The SMILES string of the molecule is CCNCCC(=O)NC(C)COc1ccc(C)cc1. The van der Waals surface area contributed by atoms with Gasteiger partial charge in [0, 0.05) is 13.0 Å². The zero-order valence-electron chi connectivity index (χ0n) is 12.0. The molecule has 0 aliphatic rings. The number of carbonyl (C=O) groups excluding carboxylic acids is 1. The highest BCUT2D eigenvalue weighted by Crippen LogP contribution is 2.11. The van der Waals surface area contributed by atoms with Gasteiger partial charge in [-0.05, 0) is 32.5 Å². The van der Waals surface area contributed by atoms with Crippen molar-refractivity contribution in [3.8, 4) is 5.75 Å². The van der Waals surface area contributed by atoms with Crippen molar-refractivity contribution in [2.45, 2.75) is 33.2 Å². The summed E-state index contributed by atoms with van der Waals surface area (Å²) >= 11 is 0. The number of carbonyl (C=O) groups is 1. The van der Waals surface area contributed by atoms with E-state index in [1.165, 1.54) is 5.56 Å². The van der Waals surface area contributed by atoms with E-state index in [0.717, 1.165) is 12.3 Å². The maximum atomic E-state index is 11.6. The van der Waals surface area contributed by atoms with Crippen LogP contribution in [0.1, 0.15) is 25.8 Å². The predicted molar refractivity (Wildman–Crippen MR) is 77.4 cm³/mol. The van der Waals surface area contributed by atoms with Gasteiger partial charge in [-0.15, -0.1) is 0 Å². The average Bonchev–Trinajstić information content (AvgIpc) is 2.38. The maximum absolute atomic E-state index is 11.6. The number of nitrogens with one attached hydrogen (secondary N) is 2. The minimum Gasteiger partial charge on any atom is -0.491 e. The summed E-state index contributed by atoms with van der Waals surface area (Å²) in [6.07, 6.45) is 0.503. The molecule has 1 unspecified atom stereocenters. The first kappa shape index (κ1) is 15.5. The molecule has 0 aliphatic carbocycles. The number of amides is 1. The van der Waals surface area contributed by atoms with E-state index in [4.69, 9.17) is 4.74 Å². The van der Waals surface area contributed by atoms with Crippen LogP contribution in [0, 0.1) is 6.92 Å². The van der Waals surface area contributed by atoms with Gasteiger partial charge in [-0.1, -0.05) is 24.6 Å². The van der Waals surface area contributed by atoms with E-state index in [1.54, 1.807) is 0 Å². The molecule has 2 N–H and O–H groups in total. The lowest BCUT2D eigenvalue weighted by atomic mass is 10.2. The number of benzene rings is 1. The van der Waals surface area contributed by atoms with Crippen LogP contribution in [-0.2, 0) is 4.79 Å². The zero-order chi connectivity index (χ0) is 14.1. The summed E-state index contributed by atoms with van der Waals surface area (Å²) in [4.78, 5) is 11.6. The molecule has 4 nitrogen and oxygen atoms in total. The van der Waals surface area contributed by atoms with Crippen molar-refractivity contribution in [3.63, 3.8) is 0 Å². The fraction of sp³-hybridized carbons (Fsp3) is 0.533. The Labute approximate surface area is 115 Å². The molecule has 0 bridgehead atoms.